The van der Waals surface area contributed by atoms with Gasteiger partial charge in [-0.1, -0.05) is 0 Å². The van der Waals surface area contributed by atoms with Crippen LogP contribution in [0.1, 0.15) is 48.2 Å². The lowest BCUT2D eigenvalue weighted by Crippen LogP contribution is -2.15. The van der Waals surface area contributed by atoms with Crippen LogP contribution in [0.15, 0.2) is 0 Å². The number of aromatic nitrogens is 1. The molecule has 1 aliphatic carbocycles. The number of nitrogens with one attached hydrogen (secondary N) is 1. The van der Waals surface area contributed by atoms with Crippen LogP contribution in [0.2, 0.25) is 0 Å². The summed E-state index contributed by atoms with van der Waals surface area (Å²) in [7, 11) is -3.15. The molecule has 1 heterocycles. The molecule has 0 spiro atoms. The summed E-state index contributed by atoms with van der Waals surface area (Å²) < 4.78 is 23.7. The quantitative estimate of drug-likeness (QED) is 0.635. The minimum Gasteiger partial charge on any atom is -0.383 e. The molecule has 0 amide bonds. The van der Waals surface area contributed by atoms with Crippen molar-refractivity contribution in [2.75, 3.05) is 0 Å². The highest BCUT2D eigenvalue weighted by Crippen LogP contribution is 2.42. The minimum absolute atomic E-state index is 0.0115. The molecule has 7 heteroatoms. The number of rotatable bonds is 5. The number of nitrogens with two attached hydrogens (primary N) is 1. The fourth-order valence-corrected chi connectivity index (χ4v) is 3.88. The zero-order valence-electron chi connectivity index (χ0n) is 10.4. The van der Waals surface area contributed by atoms with Gasteiger partial charge in [-0.15, -0.1) is 11.3 Å². The molecule has 1 aliphatic rings. The number of amidine groups is 1. The maximum Gasteiger partial charge on any atom is 0.159 e. The molecule has 5 nitrogen and oxygen atoms in total. The Kier molecular flexibility index (Phi) is 3.46. The van der Waals surface area contributed by atoms with Gasteiger partial charge in [0.1, 0.15) is 16.6 Å². The summed E-state index contributed by atoms with van der Waals surface area (Å²) in [4.78, 5) is 5.02. The van der Waals surface area contributed by atoms with Gasteiger partial charge in [0.15, 0.2) is 9.84 Å². The number of thiazole rings is 1. The van der Waals surface area contributed by atoms with Gasteiger partial charge in [0.25, 0.3) is 0 Å². The summed E-state index contributed by atoms with van der Waals surface area (Å²) in [5.74, 6) is 0.306. The van der Waals surface area contributed by atoms with Crippen molar-refractivity contribution in [1.82, 2.24) is 4.98 Å². The third kappa shape index (κ3) is 2.72. The minimum atomic E-state index is -3.15. The Hall–Kier alpha value is -0.950. The summed E-state index contributed by atoms with van der Waals surface area (Å²) in [5.41, 5.74) is 6.34. The van der Waals surface area contributed by atoms with E-state index in [-0.39, 0.29) is 11.6 Å². The lowest BCUT2D eigenvalue weighted by Gasteiger charge is -2.04. The van der Waals surface area contributed by atoms with Gasteiger partial charge in [-0.3, -0.25) is 5.41 Å². The van der Waals surface area contributed by atoms with Crippen LogP contribution < -0.4 is 5.73 Å². The summed E-state index contributed by atoms with van der Waals surface area (Å²) in [6.07, 6.45) is 2.11. The molecular weight excluding hydrogens is 270 g/mol. The van der Waals surface area contributed by atoms with Crippen molar-refractivity contribution >= 4 is 27.0 Å². The molecule has 3 N–H and O–H groups in total. The molecule has 0 aliphatic heterocycles. The maximum absolute atomic E-state index is 11.9. The predicted molar refractivity (Wildman–Crippen MR) is 72.9 cm³/mol. The Balaban J connectivity index is 2.30. The Morgan fingerprint density at radius 2 is 2.17 bits per heavy atom. The first kappa shape index (κ1) is 13.5. The average Bonchev–Trinajstić information content (AvgIpc) is 3.00. The van der Waals surface area contributed by atoms with Crippen LogP contribution in [0.25, 0.3) is 0 Å². The van der Waals surface area contributed by atoms with Gasteiger partial charge in [0.05, 0.1) is 15.8 Å². The van der Waals surface area contributed by atoms with Crippen molar-refractivity contribution in [3.05, 3.63) is 15.6 Å². The van der Waals surface area contributed by atoms with Crippen molar-refractivity contribution in [1.29, 1.82) is 5.41 Å². The zero-order chi connectivity index (χ0) is 13.5. The van der Waals surface area contributed by atoms with Crippen molar-refractivity contribution in [2.45, 2.75) is 43.6 Å². The van der Waals surface area contributed by atoms with Gasteiger partial charge >= 0.3 is 0 Å². The third-order valence-electron chi connectivity index (χ3n) is 2.95. The molecule has 1 aromatic heterocycles. The third-order valence-corrected chi connectivity index (χ3v) is 6.35. The Bertz CT molecular complexity index is 571. The summed E-state index contributed by atoms with van der Waals surface area (Å²) in [6.45, 7) is 3.33. The molecule has 0 bridgehead atoms. The number of hydrogen-bond donors (Lipinski definition) is 2. The number of nitrogens with zero attached hydrogens (tertiary/aromatic N) is 1. The van der Waals surface area contributed by atoms with Crippen LogP contribution in [-0.2, 0) is 15.6 Å². The standard InChI is InChI=1S/C11H17N3O2S2/c1-6(2)18(15,16)5-8-14-9(7-3-4-7)10(17-8)11(12)13/h6-7H,3-5H2,1-2H3,(H3,12,13). The fourth-order valence-electron chi connectivity index (χ4n) is 1.60. The highest BCUT2D eigenvalue weighted by atomic mass is 32.2. The van der Waals surface area contributed by atoms with Crippen molar-refractivity contribution < 1.29 is 8.42 Å². The first-order valence-electron chi connectivity index (χ1n) is 5.87. The molecule has 0 radical (unpaired) electrons. The largest absolute Gasteiger partial charge is 0.383 e. The lowest BCUT2D eigenvalue weighted by atomic mass is 10.2. The van der Waals surface area contributed by atoms with E-state index < -0.39 is 15.1 Å². The Morgan fingerprint density at radius 3 is 2.61 bits per heavy atom. The SMILES string of the molecule is CC(C)S(=O)(=O)Cc1nc(C2CC2)c(C(=N)N)s1. The van der Waals surface area contributed by atoms with E-state index in [1.165, 1.54) is 11.3 Å². The molecule has 1 saturated carbocycles. The molecular formula is C11H17N3O2S2. The van der Waals surface area contributed by atoms with E-state index in [1.54, 1.807) is 13.8 Å². The van der Waals surface area contributed by atoms with Crippen LogP contribution in [0.4, 0.5) is 0 Å². The smallest absolute Gasteiger partial charge is 0.159 e. The van der Waals surface area contributed by atoms with E-state index in [0.717, 1.165) is 18.5 Å². The van der Waals surface area contributed by atoms with Crippen molar-refractivity contribution in [3.63, 3.8) is 0 Å². The summed E-state index contributed by atoms with van der Waals surface area (Å²) in [6, 6.07) is 0. The highest BCUT2D eigenvalue weighted by molar-refractivity contribution is 7.91. The normalized spacial score (nSPS) is 16.2. The second-order valence-corrected chi connectivity index (χ2v) is 8.51. The predicted octanol–water partition coefficient (Wildman–Crippen LogP) is 1.63. The molecule has 100 valence electrons. The van der Waals surface area contributed by atoms with E-state index in [4.69, 9.17) is 11.1 Å². The van der Waals surface area contributed by atoms with Crippen LogP contribution in [0.3, 0.4) is 0 Å². The van der Waals surface area contributed by atoms with Gasteiger partial charge in [-0.2, -0.15) is 0 Å². The highest BCUT2D eigenvalue weighted by Gasteiger charge is 2.31. The fraction of sp³-hybridized carbons (Fsp3) is 0.636. The first-order valence-corrected chi connectivity index (χ1v) is 8.40. The Labute approximate surface area is 111 Å². The van der Waals surface area contributed by atoms with Crippen molar-refractivity contribution in [3.8, 4) is 0 Å². The van der Waals surface area contributed by atoms with Gasteiger partial charge in [0, 0.05) is 5.92 Å². The molecule has 1 fully saturated rings. The lowest BCUT2D eigenvalue weighted by molar-refractivity contribution is 0.586. The number of hydrogen-bond acceptors (Lipinski definition) is 5. The van der Waals surface area contributed by atoms with E-state index in [1.807, 2.05) is 0 Å². The molecule has 18 heavy (non-hydrogen) atoms. The van der Waals surface area contributed by atoms with Crippen molar-refractivity contribution in [2.24, 2.45) is 5.73 Å². The topological polar surface area (TPSA) is 96.9 Å². The van der Waals surface area contributed by atoms with Gasteiger partial charge in [-0.05, 0) is 26.7 Å². The maximum atomic E-state index is 11.9. The Morgan fingerprint density at radius 1 is 1.56 bits per heavy atom. The van der Waals surface area contributed by atoms with Crippen LogP contribution in [-0.4, -0.2) is 24.5 Å². The molecule has 0 saturated heterocycles. The zero-order valence-corrected chi connectivity index (χ0v) is 12.1. The number of sulfone groups is 1. The monoisotopic (exact) mass is 287 g/mol. The van der Waals surface area contributed by atoms with Gasteiger partial charge in [-0.25, -0.2) is 13.4 Å². The van der Waals surface area contributed by atoms with E-state index in [0.29, 0.717) is 15.8 Å². The molecule has 0 atom stereocenters. The second-order valence-electron chi connectivity index (χ2n) is 4.87. The second kappa shape index (κ2) is 4.62. The van der Waals surface area contributed by atoms with Gasteiger partial charge < -0.3 is 5.73 Å². The van der Waals surface area contributed by atoms with E-state index in [9.17, 15) is 8.42 Å². The van der Waals surface area contributed by atoms with Crippen LogP contribution >= 0.6 is 11.3 Å². The summed E-state index contributed by atoms with van der Waals surface area (Å²) in [5, 5.41) is 7.67. The van der Waals surface area contributed by atoms with Crippen LogP contribution in [0, 0.1) is 5.41 Å². The van der Waals surface area contributed by atoms with E-state index in [2.05, 4.69) is 4.98 Å². The first-order chi connectivity index (χ1) is 8.31. The number of nitrogen functional groups attached to an aromatic ring is 1. The molecule has 0 unspecified atom stereocenters. The average molecular weight is 287 g/mol. The van der Waals surface area contributed by atoms with Gasteiger partial charge in [0.2, 0.25) is 0 Å². The molecule has 0 aromatic carbocycles. The van der Waals surface area contributed by atoms with E-state index >= 15 is 0 Å². The molecule has 2 rings (SSSR count). The van der Waals surface area contributed by atoms with Crippen LogP contribution in [0.5, 0.6) is 0 Å². The molecule has 1 aromatic rings. The summed E-state index contributed by atoms with van der Waals surface area (Å²) >= 11 is 1.24.